The summed E-state index contributed by atoms with van der Waals surface area (Å²) in [5.41, 5.74) is 3.43. The van der Waals surface area contributed by atoms with Gasteiger partial charge in [0.15, 0.2) is 0 Å². The van der Waals surface area contributed by atoms with E-state index >= 15 is 0 Å². The molecular weight excluding hydrogens is 194 g/mol. The maximum absolute atomic E-state index is 3.72. The molecule has 1 heteroatoms. The molecule has 2 aliphatic carbocycles. The molecule has 0 saturated heterocycles. The van der Waals surface area contributed by atoms with Crippen LogP contribution in [0.5, 0.6) is 0 Å². The quantitative estimate of drug-likeness (QED) is 0.813. The molecular formula is C15H21N. The van der Waals surface area contributed by atoms with E-state index < -0.39 is 0 Å². The van der Waals surface area contributed by atoms with Crippen LogP contribution in [-0.4, -0.2) is 12.6 Å². The van der Waals surface area contributed by atoms with Gasteiger partial charge in [0, 0.05) is 18.0 Å². The van der Waals surface area contributed by atoms with Crippen molar-refractivity contribution in [3.05, 3.63) is 35.4 Å². The summed E-state index contributed by atoms with van der Waals surface area (Å²) in [6, 6.07) is 9.95. The Kier molecular flexibility index (Phi) is 2.51. The van der Waals surface area contributed by atoms with Gasteiger partial charge in [0.1, 0.15) is 0 Å². The molecule has 0 radical (unpaired) electrons. The summed E-state index contributed by atoms with van der Waals surface area (Å²) in [5, 5.41) is 3.72. The summed E-state index contributed by atoms with van der Waals surface area (Å²) in [6.07, 6.45) is 6.93. The second kappa shape index (κ2) is 3.89. The first kappa shape index (κ1) is 10.3. The van der Waals surface area contributed by atoms with Gasteiger partial charge < -0.3 is 5.32 Å². The maximum Gasteiger partial charge on any atom is 0.00779 e. The number of hydrogen-bond donors (Lipinski definition) is 1. The molecule has 1 N–H and O–H groups in total. The molecule has 0 bridgehead atoms. The highest BCUT2D eigenvalue weighted by atomic mass is 15.0. The van der Waals surface area contributed by atoms with E-state index in [2.05, 4.69) is 36.5 Å². The van der Waals surface area contributed by atoms with Gasteiger partial charge >= 0.3 is 0 Å². The average molecular weight is 215 g/mol. The molecule has 3 rings (SSSR count). The Bertz CT molecular complexity index is 375. The minimum Gasteiger partial charge on any atom is -0.313 e. The predicted molar refractivity (Wildman–Crippen MR) is 67.7 cm³/mol. The van der Waals surface area contributed by atoms with Crippen molar-refractivity contribution in [1.82, 2.24) is 5.32 Å². The molecule has 0 amide bonds. The topological polar surface area (TPSA) is 12.0 Å². The van der Waals surface area contributed by atoms with E-state index in [1.807, 2.05) is 0 Å². The minimum absolute atomic E-state index is 0.467. The zero-order valence-electron chi connectivity index (χ0n) is 10.1. The Balaban J connectivity index is 1.77. The second-order valence-corrected chi connectivity index (χ2v) is 5.66. The molecule has 86 valence electrons. The van der Waals surface area contributed by atoms with Crippen LogP contribution in [0, 0.1) is 6.92 Å². The molecule has 1 aromatic carbocycles. The van der Waals surface area contributed by atoms with Gasteiger partial charge in [0.25, 0.3) is 0 Å². The average Bonchev–Trinajstić information content (AvgIpc) is 3.00. The lowest BCUT2D eigenvalue weighted by molar-refractivity contribution is 0.233. The van der Waals surface area contributed by atoms with Gasteiger partial charge in [-0.2, -0.15) is 0 Å². The molecule has 1 nitrogen and oxygen atoms in total. The molecule has 2 aliphatic rings. The van der Waals surface area contributed by atoms with E-state index in [-0.39, 0.29) is 0 Å². The van der Waals surface area contributed by atoms with Crippen LogP contribution in [0.4, 0.5) is 0 Å². The normalized spacial score (nSPS) is 22.8. The molecule has 0 aromatic heterocycles. The molecule has 0 unspecified atom stereocenters. The Morgan fingerprint density at radius 2 is 2.12 bits per heavy atom. The first-order valence-electron chi connectivity index (χ1n) is 6.59. The highest BCUT2D eigenvalue weighted by Gasteiger charge is 2.39. The van der Waals surface area contributed by atoms with Crippen LogP contribution in [0.2, 0.25) is 0 Å². The summed E-state index contributed by atoms with van der Waals surface area (Å²) >= 11 is 0. The summed E-state index contributed by atoms with van der Waals surface area (Å²) in [4.78, 5) is 0. The van der Waals surface area contributed by atoms with E-state index in [1.54, 1.807) is 5.56 Å². The van der Waals surface area contributed by atoms with Crippen molar-refractivity contribution in [2.75, 3.05) is 6.54 Å². The smallest absolute Gasteiger partial charge is 0.00779 e. The number of rotatable bonds is 4. The van der Waals surface area contributed by atoms with Gasteiger partial charge in [-0.1, -0.05) is 36.2 Å². The molecule has 0 aliphatic heterocycles. The van der Waals surface area contributed by atoms with Crippen molar-refractivity contribution in [2.45, 2.75) is 50.5 Å². The van der Waals surface area contributed by atoms with Crippen LogP contribution >= 0.6 is 0 Å². The maximum atomic E-state index is 3.72. The van der Waals surface area contributed by atoms with Crippen LogP contribution < -0.4 is 5.32 Å². The Morgan fingerprint density at radius 1 is 1.31 bits per heavy atom. The van der Waals surface area contributed by atoms with Gasteiger partial charge in [-0.15, -0.1) is 0 Å². The highest BCUT2D eigenvalue weighted by molar-refractivity contribution is 5.32. The number of nitrogens with one attached hydrogen (secondary N) is 1. The molecule has 2 saturated carbocycles. The lowest BCUT2D eigenvalue weighted by atomic mass is 9.64. The molecule has 0 atom stereocenters. The van der Waals surface area contributed by atoms with Crippen molar-refractivity contribution in [1.29, 1.82) is 0 Å². The first-order chi connectivity index (χ1) is 7.78. The third-order valence-corrected chi connectivity index (χ3v) is 4.25. The standard InChI is InChI=1S/C15H21N/c1-12-4-2-5-13(10-12)15(8-3-9-15)11-16-14-6-7-14/h2,4-5,10,14,16H,3,6-9,11H2,1H3. The van der Waals surface area contributed by atoms with Crippen molar-refractivity contribution in [3.63, 3.8) is 0 Å². The summed E-state index contributed by atoms with van der Waals surface area (Å²) in [5.74, 6) is 0. The number of aryl methyl sites for hydroxylation is 1. The van der Waals surface area contributed by atoms with E-state index in [0.717, 1.165) is 6.04 Å². The Labute approximate surface area is 98.3 Å². The van der Waals surface area contributed by atoms with Crippen LogP contribution in [0.1, 0.15) is 43.2 Å². The van der Waals surface area contributed by atoms with E-state index in [4.69, 9.17) is 0 Å². The molecule has 0 spiro atoms. The second-order valence-electron chi connectivity index (χ2n) is 5.66. The van der Waals surface area contributed by atoms with Crippen LogP contribution in [0.25, 0.3) is 0 Å². The lowest BCUT2D eigenvalue weighted by Crippen LogP contribution is -2.44. The van der Waals surface area contributed by atoms with Crippen LogP contribution in [0.3, 0.4) is 0 Å². The molecule has 2 fully saturated rings. The summed E-state index contributed by atoms with van der Waals surface area (Å²) < 4.78 is 0. The van der Waals surface area contributed by atoms with Crippen molar-refractivity contribution >= 4 is 0 Å². The van der Waals surface area contributed by atoms with E-state index in [0.29, 0.717) is 5.41 Å². The van der Waals surface area contributed by atoms with E-state index in [9.17, 15) is 0 Å². The number of benzene rings is 1. The third kappa shape index (κ3) is 1.89. The minimum atomic E-state index is 0.467. The van der Waals surface area contributed by atoms with Crippen molar-refractivity contribution < 1.29 is 0 Å². The van der Waals surface area contributed by atoms with Gasteiger partial charge in [0.2, 0.25) is 0 Å². The first-order valence-corrected chi connectivity index (χ1v) is 6.59. The van der Waals surface area contributed by atoms with Gasteiger partial charge in [-0.3, -0.25) is 0 Å². The Morgan fingerprint density at radius 3 is 2.69 bits per heavy atom. The summed E-state index contributed by atoms with van der Waals surface area (Å²) in [6.45, 7) is 3.39. The third-order valence-electron chi connectivity index (χ3n) is 4.25. The monoisotopic (exact) mass is 215 g/mol. The van der Waals surface area contributed by atoms with Crippen LogP contribution in [-0.2, 0) is 5.41 Å². The zero-order chi connectivity index (χ0) is 11.0. The fraction of sp³-hybridized carbons (Fsp3) is 0.600. The largest absolute Gasteiger partial charge is 0.313 e. The molecule has 0 heterocycles. The van der Waals surface area contributed by atoms with Gasteiger partial charge in [-0.25, -0.2) is 0 Å². The van der Waals surface area contributed by atoms with Gasteiger partial charge in [-0.05, 0) is 38.2 Å². The molecule has 16 heavy (non-hydrogen) atoms. The molecule has 1 aromatic rings. The highest BCUT2D eigenvalue weighted by Crippen LogP contribution is 2.43. The fourth-order valence-corrected chi connectivity index (χ4v) is 2.77. The Hall–Kier alpha value is -0.820. The van der Waals surface area contributed by atoms with E-state index in [1.165, 1.54) is 44.2 Å². The SMILES string of the molecule is Cc1cccc(C2(CNC3CC3)CCC2)c1. The number of hydrogen-bond acceptors (Lipinski definition) is 1. The van der Waals surface area contributed by atoms with Crippen molar-refractivity contribution in [3.8, 4) is 0 Å². The van der Waals surface area contributed by atoms with Gasteiger partial charge in [0.05, 0.1) is 0 Å². The zero-order valence-corrected chi connectivity index (χ0v) is 10.1. The predicted octanol–water partition coefficient (Wildman–Crippen LogP) is 3.17. The van der Waals surface area contributed by atoms with Crippen molar-refractivity contribution in [2.24, 2.45) is 0 Å². The summed E-state index contributed by atoms with van der Waals surface area (Å²) in [7, 11) is 0. The van der Waals surface area contributed by atoms with Crippen LogP contribution in [0.15, 0.2) is 24.3 Å². The fourth-order valence-electron chi connectivity index (χ4n) is 2.77. The lowest BCUT2D eigenvalue weighted by Gasteiger charge is -2.43.